The highest BCUT2D eigenvalue weighted by atomic mass is 32.1. The highest BCUT2D eigenvalue weighted by molar-refractivity contribution is 7.17. The molecule has 0 bridgehead atoms. The summed E-state index contributed by atoms with van der Waals surface area (Å²) >= 11 is 1.61. The molecule has 2 aliphatic rings. The van der Waals surface area contributed by atoms with Crippen molar-refractivity contribution in [2.45, 2.75) is 64.2 Å². The molecule has 7 nitrogen and oxygen atoms in total. The lowest BCUT2D eigenvalue weighted by molar-refractivity contribution is -0.134. The first-order valence-corrected chi connectivity index (χ1v) is 13.1. The number of nitrogens with one attached hydrogen (secondary N) is 1. The van der Waals surface area contributed by atoms with Crippen molar-refractivity contribution in [3.05, 3.63) is 47.0 Å². The van der Waals surface area contributed by atoms with E-state index in [1.807, 2.05) is 47.2 Å². The van der Waals surface area contributed by atoms with E-state index in [9.17, 15) is 9.59 Å². The van der Waals surface area contributed by atoms with Crippen LogP contribution in [0.25, 0.3) is 10.2 Å². The minimum Gasteiger partial charge on any atom is -0.493 e. The Kier molecular flexibility index (Phi) is 6.25. The van der Waals surface area contributed by atoms with Gasteiger partial charge >= 0.3 is 0 Å². The molecule has 2 aromatic heterocycles. The summed E-state index contributed by atoms with van der Waals surface area (Å²) in [6.45, 7) is 4.79. The monoisotopic (exact) mass is 495 g/mol. The second-order valence-corrected chi connectivity index (χ2v) is 11.0. The molecule has 2 amide bonds. The van der Waals surface area contributed by atoms with Crippen LogP contribution in [0.3, 0.4) is 0 Å². The summed E-state index contributed by atoms with van der Waals surface area (Å²) in [6, 6.07) is 9.74. The van der Waals surface area contributed by atoms with Crippen molar-refractivity contribution in [2.75, 3.05) is 14.2 Å². The van der Waals surface area contributed by atoms with Crippen LogP contribution in [0.5, 0.6) is 11.5 Å². The van der Waals surface area contributed by atoms with Gasteiger partial charge in [-0.05, 0) is 62.1 Å². The van der Waals surface area contributed by atoms with Crippen LogP contribution in [0.2, 0.25) is 0 Å². The molecular formula is C27H33N3O4S. The minimum atomic E-state index is -1.06. The summed E-state index contributed by atoms with van der Waals surface area (Å²) in [6.07, 6.45) is 4.18. The number of methoxy groups -OCH3 is 2. The molecule has 1 saturated carbocycles. The zero-order chi connectivity index (χ0) is 24.7. The number of ether oxygens (including phenoxy) is 2. The maximum absolute atomic E-state index is 14.0. The summed E-state index contributed by atoms with van der Waals surface area (Å²) in [7, 11) is 3.19. The van der Waals surface area contributed by atoms with Crippen LogP contribution >= 0.6 is 11.3 Å². The molecule has 5 rings (SSSR count). The molecule has 1 unspecified atom stereocenters. The van der Waals surface area contributed by atoms with Gasteiger partial charge in [-0.3, -0.25) is 9.59 Å². The van der Waals surface area contributed by atoms with E-state index in [-0.39, 0.29) is 24.4 Å². The molecular weight excluding hydrogens is 462 g/mol. The van der Waals surface area contributed by atoms with Crippen molar-refractivity contribution in [1.82, 2.24) is 14.8 Å². The SMILES string of the molecule is COc1cccc(CN2C(=O)c3cc4sccc4n3CC2(C)C(=O)NC2CCC(C)CC2)c1OC. The van der Waals surface area contributed by atoms with Gasteiger partial charge in [-0.25, -0.2) is 0 Å². The summed E-state index contributed by atoms with van der Waals surface area (Å²) in [5.74, 6) is 1.62. The van der Waals surface area contributed by atoms with Gasteiger partial charge in [0.15, 0.2) is 11.5 Å². The van der Waals surface area contributed by atoms with Crippen molar-refractivity contribution < 1.29 is 19.1 Å². The third-order valence-corrected chi connectivity index (χ3v) is 8.56. The van der Waals surface area contributed by atoms with E-state index in [1.54, 1.807) is 30.5 Å². The van der Waals surface area contributed by atoms with Gasteiger partial charge in [0.25, 0.3) is 5.91 Å². The molecule has 35 heavy (non-hydrogen) atoms. The van der Waals surface area contributed by atoms with E-state index in [4.69, 9.17) is 9.47 Å². The summed E-state index contributed by atoms with van der Waals surface area (Å²) < 4.78 is 14.2. The van der Waals surface area contributed by atoms with E-state index >= 15 is 0 Å². The lowest BCUT2D eigenvalue weighted by atomic mass is 9.86. The predicted octanol–water partition coefficient (Wildman–Crippen LogP) is 4.83. The van der Waals surface area contributed by atoms with Crippen LogP contribution in [0, 0.1) is 5.92 Å². The number of carbonyl (C=O) groups is 2. The van der Waals surface area contributed by atoms with Gasteiger partial charge in [0.1, 0.15) is 11.2 Å². The fourth-order valence-electron chi connectivity index (χ4n) is 5.51. The smallest absolute Gasteiger partial charge is 0.271 e. The van der Waals surface area contributed by atoms with Crippen LogP contribution in [0.1, 0.15) is 55.6 Å². The van der Waals surface area contributed by atoms with Crippen molar-refractivity contribution in [3.8, 4) is 11.5 Å². The normalized spacial score (nSPS) is 24.3. The predicted molar refractivity (Wildman–Crippen MR) is 137 cm³/mol. The van der Waals surface area contributed by atoms with Gasteiger partial charge in [-0.2, -0.15) is 0 Å². The second kappa shape index (κ2) is 9.22. The lowest BCUT2D eigenvalue weighted by Crippen LogP contribution is -2.64. The van der Waals surface area contributed by atoms with E-state index in [2.05, 4.69) is 12.2 Å². The fourth-order valence-corrected chi connectivity index (χ4v) is 6.34. The number of benzene rings is 1. The first-order chi connectivity index (χ1) is 16.9. The van der Waals surface area contributed by atoms with E-state index in [0.717, 1.165) is 41.5 Å². The minimum absolute atomic E-state index is 0.102. The third kappa shape index (κ3) is 4.07. The van der Waals surface area contributed by atoms with Gasteiger partial charge in [0.05, 0.1) is 37.5 Å². The van der Waals surface area contributed by atoms with Gasteiger partial charge in [0, 0.05) is 11.6 Å². The zero-order valence-electron chi connectivity index (χ0n) is 20.8. The van der Waals surface area contributed by atoms with E-state index in [0.29, 0.717) is 29.7 Å². The number of rotatable bonds is 6. The molecule has 1 N–H and O–H groups in total. The van der Waals surface area contributed by atoms with Crippen LogP contribution in [0.15, 0.2) is 35.7 Å². The Morgan fingerprint density at radius 1 is 1.17 bits per heavy atom. The molecule has 1 aliphatic carbocycles. The fraction of sp³-hybridized carbons (Fsp3) is 0.481. The summed E-state index contributed by atoms with van der Waals surface area (Å²) in [5, 5.41) is 5.33. The molecule has 0 saturated heterocycles. The molecule has 0 radical (unpaired) electrons. The molecule has 1 aromatic carbocycles. The molecule has 8 heteroatoms. The van der Waals surface area contributed by atoms with E-state index in [1.165, 1.54) is 0 Å². The Balaban J connectivity index is 1.54. The first kappa shape index (κ1) is 23.7. The number of amides is 2. The number of nitrogens with zero attached hydrogens (tertiary/aromatic N) is 2. The van der Waals surface area contributed by atoms with Crippen LogP contribution in [-0.4, -0.2) is 47.1 Å². The Morgan fingerprint density at radius 2 is 1.94 bits per heavy atom. The summed E-state index contributed by atoms with van der Waals surface area (Å²) in [5.41, 5.74) is 1.36. The maximum Gasteiger partial charge on any atom is 0.271 e. The van der Waals surface area contributed by atoms with Crippen LogP contribution in [-0.2, 0) is 17.9 Å². The lowest BCUT2D eigenvalue weighted by Gasteiger charge is -2.45. The Hall–Kier alpha value is -3.00. The molecule has 3 heterocycles. The number of fused-ring (bicyclic) bond motifs is 3. The third-order valence-electron chi connectivity index (χ3n) is 7.70. The number of para-hydroxylation sites is 1. The molecule has 186 valence electrons. The van der Waals surface area contributed by atoms with Gasteiger partial charge in [0.2, 0.25) is 5.91 Å². The topological polar surface area (TPSA) is 72.8 Å². The highest BCUT2D eigenvalue weighted by Gasteiger charge is 2.48. The Labute approximate surface area is 210 Å². The molecule has 1 atom stereocenters. The number of hydrogen-bond acceptors (Lipinski definition) is 5. The van der Waals surface area contributed by atoms with Gasteiger partial charge in [-0.15, -0.1) is 11.3 Å². The number of aromatic nitrogens is 1. The number of thiophene rings is 1. The Morgan fingerprint density at radius 3 is 2.66 bits per heavy atom. The molecule has 1 fully saturated rings. The Bertz CT molecular complexity index is 1260. The van der Waals surface area contributed by atoms with Crippen molar-refractivity contribution >= 4 is 33.4 Å². The maximum atomic E-state index is 14.0. The van der Waals surface area contributed by atoms with Gasteiger partial charge < -0.3 is 24.3 Å². The number of carbonyl (C=O) groups excluding carboxylic acids is 2. The zero-order valence-corrected chi connectivity index (χ0v) is 21.6. The van der Waals surface area contributed by atoms with Crippen molar-refractivity contribution in [3.63, 3.8) is 0 Å². The summed E-state index contributed by atoms with van der Waals surface area (Å²) in [4.78, 5) is 29.6. The average Bonchev–Trinajstić information content (AvgIpc) is 3.45. The molecule has 0 spiro atoms. The van der Waals surface area contributed by atoms with Crippen LogP contribution < -0.4 is 14.8 Å². The quantitative estimate of drug-likeness (QED) is 0.532. The van der Waals surface area contributed by atoms with E-state index < -0.39 is 5.54 Å². The molecule has 1 aliphatic heterocycles. The largest absolute Gasteiger partial charge is 0.493 e. The first-order valence-electron chi connectivity index (χ1n) is 12.2. The second-order valence-electron chi connectivity index (χ2n) is 10.0. The van der Waals surface area contributed by atoms with Crippen molar-refractivity contribution in [2.24, 2.45) is 5.92 Å². The van der Waals surface area contributed by atoms with Gasteiger partial charge in [-0.1, -0.05) is 19.1 Å². The van der Waals surface area contributed by atoms with Crippen molar-refractivity contribution in [1.29, 1.82) is 0 Å². The molecule has 3 aromatic rings. The highest BCUT2D eigenvalue weighted by Crippen LogP contribution is 2.38. The number of hydrogen-bond donors (Lipinski definition) is 1. The van der Waals surface area contributed by atoms with Crippen LogP contribution in [0.4, 0.5) is 0 Å². The standard InChI is InChI=1S/C27H33N3O4S/c1-17-8-10-19(11-9-17)28-26(32)27(2)16-29-20-12-13-35-23(20)14-21(29)25(31)30(27)15-18-6-5-7-22(33-3)24(18)34-4/h5-7,12-14,17,19H,8-11,15-16H2,1-4H3,(H,28,32). The average molecular weight is 496 g/mol.